The minimum absolute atomic E-state index is 0.0256. The third-order valence-electron chi connectivity index (χ3n) is 6.66. The van der Waals surface area contributed by atoms with Gasteiger partial charge in [-0.05, 0) is 60.9 Å². The third-order valence-corrected chi connectivity index (χ3v) is 9.29. The molecule has 2 aromatic heterocycles. The molecule has 1 aliphatic rings. The number of carbonyl (C=O) groups is 1. The molecule has 5 rings (SSSR count). The van der Waals surface area contributed by atoms with Gasteiger partial charge in [-0.3, -0.25) is 9.78 Å². The van der Waals surface area contributed by atoms with Crippen LogP contribution >= 0.6 is 34.8 Å². The number of carbonyl (C=O) groups excluding carboxylic acids is 1. The van der Waals surface area contributed by atoms with Crippen LogP contribution in [0.1, 0.15) is 42.4 Å². The van der Waals surface area contributed by atoms with E-state index < -0.39 is 21.1 Å². The molecule has 4 aromatic rings. The molecule has 0 atom stereocenters. The molecule has 0 unspecified atom stereocenters. The van der Waals surface area contributed by atoms with Crippen LogP contribution in [0.4, 0.5) is 4.39 Å². The maximum absolute atomic E-state index is 13.4. The van der Waals surface area contributed by atoms with E-state index in [1.807, 2.05) is 0 Å². The van der Waals surface area contributed by atoms with Crippen LogP contribution < -0.4 is 0 Å². The van der Waals surface area contributed by atoms with E-state index in [-0.39, 0.29) is 40.2 Å². The Labute approximate surface area is 239 Å². The highest BCUT2D eigenvalue weighted by Crippen LogP contribution is 2.56. The summed E-state index contributed by atoms with van der Waals surface area (Å²) in [6, 6.07) is 10.3. The Morgan fingerprint density at radius 1 is 1.03 bits per heavy atom. The fourth-order valence-electron chi connectivity index (χ4n) is 4.44. The van der Waals surface area contributed by atoms with E-state index in [2.05, 4.69) is 15.1 Å². The summed E-state index contributed by atoms with van der Waals surface area (Å²) in [5, 5.41) is 5.04. The van der Waals surface area contributed by atoms with Crippen molar-refractivity contribution in [1.29, 1.82) is 0 Å². The van der Waals surface area contributed by atoms with Crippen LogP contribution in [0.25, 0.3) is 11.5 Å². The molecule has 202 valence electrons. The number of halogens is 4. The lowest BCUT2D eigenvalue weighted by Crippen LogP contribution is -2.14. The van der Waals surface area contributed by atoms with Gasteiger partial charge in [-0.2, -0.15) is 4.98 Å². The number of hydrogen-bond donors (Lipinski definition) is 0. The van der Waals surface area contributed by atoms with Crippen molar-refractivity contribution in [2.24, 2.45) is 0 Å². The van der Waals surface area contributed by atoms with E-state index >= 15 is 0 Å². The summed E-state index contributed by atoms with van der Waals surface area (Å²) in [6.07, 6.45) is 2.75. The fourth-order valence-corrected chi connectivity index (χ4v) is 6.41. The molecule has 2 aromatic carbocycles. The summed E-state index contributed by atoms with van der Waals surface area (Å²) >= 11 is 19.5. The maximum atomic E-state index is 13.4. The summed E-state index contributed by atoms with van der Waals surface area (Å²) in [5.41, 5.74) is 1.51. The summed E-state index contributed by atoms with van der Waals surface area (Å²) in [4.78, 5) is 21.5. The van der Waals surface area contributed by atoms with Gasteiger partial charge >= 0.3 is 0 Å². The van der Waals surface area contributed by atoms with Crippen molar-refractivity contribution >= 4 is 50.4 Å². The molecule has 1 fully saturated rings. The monoisotopic (exact) mass is 607 g/mol. The second kappa shape index (κ2) is 10.6. The summed E-state index contributed by atoms with van der Waals surface area (Å²) in [7, 11) is -3.36. The van der Waals surface area contributed by atoms with Crippen molar-refractivity contribution in [3.63, 3.8) is 0 Å². The van der Waals surface area contributed by atoms with Crippen LogP contribution in [0.15, 0.2) is 58.1 Å². The van der Waals surface area contributed by atoms with Crippen molar-refractivity contribution in [2.45, 2.75) is 42.9 Å². The number of pyridine rings is 1. The van der Waals surface area contributed by atoms with Crippen LogP contribution in [-0.4, -0.2) is 35.1 Å². The third kappa shape index (κ3) is 5.59. The summed E-state index contributed by atoms with van der Waals surface area (Å²) in [6.45, 7) is 1.56. The number of rotatable bonds is 9. The van der Waals surface area contributed by atoms with E-state index in [0.29, 0.717) is 51.1 Å². The van der Waals surface area contributed by atoms with Gasteiger partial charge < -0.3 is 4.52 Å². The highest BCUT2D eigenvalue weighted by molar-refractivity contribution is 7.91. The quantitative estimate of drug-likeness (QED) is 0.215. The number of ketones is 1. The van der Waals surface area contributed by atoms with Crippen molar-refractivity contribution < 1.29 is 22.1 Å². The Morgan fingerprint density at radius 3 is 2.33 bits per heavy atom. The molecule has 0 amide bonds. The second-order valence-electron chi connectivity index (χ2n) is 9.34. The number of sulfone groups is 1. The number of nitrogens with zero attached hydrogens (tertiary/aromatic N) is 3. The zero-order valence-corrected chi connectivity index (χ0v) is 23.6. The molecule has 0 spiro atoms. The van der Waals surface area contributed by atoms with Gasteiger partial charge in [0, 0.05) is 40.3 Å². The molecule has 7 nitrogen and oxygen atoms in total. The molecule has 1 saturated carbocycles. The van der Waals surface area contributed by atoms with Crippen LogP contribution in [-0.2, 0) is 32.9 Å². The Hall–Kier alpha value is -2.85. The molecule has 0 bridgehead atoms. The lowest BCUT2D eigenvalue weighted by Gasteiger charge is -2.16. The Balaban J connectivity index is 1.33. The summed E-state index contributed by atoms with van der Waals surface area (Å²) < 4.78 is 42.8. The van der Waals surface area contributed by atoms with Gasteiger partial charge in [0.05, 0.1) is 26.6 Å². The fraction of sp³-hybridized carbons (Fsp3) is 0.259. The molecule has 39 heavy (non-hydrogen) atoms. The molecular weight excluding hydrogens is 588 g/mol. The van der Waals surface area contributed by atoms with Gasteiger partial charge in [0.1, 0.15) is 11.6 Å². The van der Waals surface area contributed by atoms with Gasteiger partial charge in [0.2, 0.25) is 0 Å². The Kier molecular flexibility index (Phi) is 7.54. The number of aromatic nitrogens is 3. The topological polar surface area (TPSA) is 103 Å². The molecule has 0 radical (unpaired) electrons. The average Bonchev–Trinajstić information content (AvgIpc) is 3.51. The molecule has 2 heterocycles. The van der Waals surface area contributed by atoms with E-state index in [0.717, 1.165) is 0 Å². The predicted octanol–water partition coefficient (Wildman–Crippen LogP) is 6.46. The van der Waals surface area contributed by atoms with Crippen LogP contribution in [0.3, 0.4) is 0 Å². The van der Waals surface area contributed by atoms with Crippen molar-refractivity contribution in [3.8, 4) is 11.5 Å². The van der Waals surface area contributed by atoms with E-state index in [1.165, 1.54) is 30.5 Å². The Morgan fingerprint density at radius 2 is 1.74 bits per heavy atom. The lowest BCUT2D eigenvalue weighted by molar-refractivity contribution is -0.117. The van der Waals surface area contributed by atoms with Crippen molar-refractivity contribution in [1.82, 2.24) is 15.1 Å². The number of Topliss-reactive ketones (excluding diaryl/α,β-unsaturated/α-hetero) is 1. The number of hydrogen-bond acceptors (Lipinski definition) is 7. The van der Waals surface area contributed by atoms with Gasteiger partial charge in [-0.15, -0.1) is 0 Å². The largest absolute Gasteiger partial charge is 0.334 e. The van der Waals surface area contributed by atoms with Crippen LogP contribution in [0, 0.1) is 5.82 Å². The maximum Gasteiger partial charge on any atom is 0.259 e. The standard InChI is InChI=1S/C27H21Cl3FN3O4S/c1-2-39(36,37)19-5-4-17(32-14-19)13-18(35)9-15-10-22(29)24(23(30)11-15)27(7-8-27)26-33-25(38-34-26)20-6-3-16(31)12-21(20)28/h3-6,10-12,14H,2,7-9,13H2,1H3. The zero-order chi connectivity index (χ0) is 27.9. The van der Waals surface area contributed by atoms with Crippen LogP contribution in [0.5, 0.6) is 0 Å². The molecule has 0 aliphatic heterocycles. The zero-order valence-electron chi connectivity index (χ0n) is 20.5. The SMILES string of the molecule is CCS(=O)(=O)c1ccc(CC(=O)Cc2cc(Cl)c(C3(c4noc(-c5ccc(F)cc5Cl)n4)CC3)c(Cl)c2)nc1. The molecule has 1 aliphatic carbocycles. The van der Waals surface area contributed by atoms with Gasteiger partial charge in [-0.1, -0.05) is 46.9 Å². The van der Waals surface area contributed by atoms with Crippen molar-refractivity contribution in [3.05, 3.63) is 92.2 Å². The number of benzene rings is 2. The van der Waals surface area contributed by atoms with Gasteiger partial charge in [0.25, 0.3) is 5.89 Å². The van der Waals surface area contributed by atoms with E-state index in [4.69, 9.17) is 39.3 Å². The molecule has 0 N–H and O–H groups in total. The van der Waals surface area contributed by atoms with E-state index in [1.54, 1.807) is 25.1 Å². The Bertz CT molecular complexity index is 1660. The first-order valence-corrected chi connectivity index (χ1v) is 14.8. The van der Waals surface area contributed by atoms with Crippen LogP contribution in [0.2, 0.25) is 15.1 Å². The average molecular weight is 609 g/mol. The van der Waals surface area contributed by atoms with Crippen molar-refractivity contribution in [2.75, 3.05) is 5.75 Å². The normalized spacial score (nSPS) is 14.4. The lowest BCUT2D eigenvalue weighted by atomic mass is 9.92. The second-order valence-corrected chi connectivity index (χ2v) is 12.8. The highest BCUT2D eigenvalue weighted by Gasteiger charge is 2.52. The predicted molar refractivity (Wildman–Crippen MR) is 146 cm³/mol. The molecule has 12 heteroatoms. The van der Waals surface area contributed by atoms with E-state index in [9.17, 15) is 17.6 Å². The highest BCUT2D eigenvalue weighted by atomic mass is 35.5. The minimum atomic E-state index is -3.36. The van der Waals surface area contributed by atoms with Gasteiger partial charge in [-0.25, -0.2) is 12.8 Å². The first kappa shape index (κ1) is 27.7. The minimum Gasteiger partial charge on any atom is -0.334 e. The smallest absolute Gasteiger partial charge is 0.259 e. The van der Waals surface area contributed by atoms with Gasteiger partial charge in [0.15, 0.2) is 15.7 Å². The molecule has 0 saturated heterocycles. The first-order valence-electron chi connectivity index (χ1n) is 12.0. The molecular formula is C27H21Cl3FN3O4S. The first-order chi connectivity index (χ1) is 18.5. The summed E-state index contributed by atoms with van der Waals surface area (Å²) in [5.74, 6) is -0.0818.